The van der Waals surface area contributed by atoms with Gasteiger partial charge in [-0.15, -0.1) is 0 Å². The van der Waals surface area contributed by atoms with E-state index in [9.17, 15) is 4.79 Å². The molecule has 1 aromatic carbocycles. The molecule has 21 heavy (non-hydrogen) atoms. The molecule has 6 heteroatoms. The molecule has 0 fully saturated rings. The van der Waals surface area contributed by atoms with Gasteiger partial charge in [0, 0.05) is 19.2 Å². The summed E-state index contributed by atoms with van der Waals surface area (Å²) in [6.07, 6.45) is -0.429. The van der Waals surface area contributed by atoms with Crippen LogP contribution in [0.5, 0.6) is 11.5 Å². The zero-order valence-corrected chi connectivity index (χ0v) is 13.3. The van der Waals surface area contributed by atoms with E-state index in [1.165, 1.54) is 0 Å². The van der Waals surface area contributed by atoms with E-state index in [1.54, 1.807) is 14.2 Å². The SMILES string of the molecule is COc1ccc(OC)c(NCCNC(=O)OC(C)(C)C)c1. The number of carbonyl (C=O) groups excluding carboxylic acids is 1. The number of amides is 1. The monoisotopic (exact) mass is 296 g/mol. The van der Waals surface area contributed by atoms with Crippen molar-refractivity contribution in [2.45, 2.75) is 26.4 Å². The Morgan fingerprint density at radius 3 is 2.43 bits per heavy atom. The van der Waals surface area contributed by atoms with Crippen LogP contribution in [0.4, 0.5) is 10.5 Å². The summed E-state index contributed by atoms with van der Waals surface area (Å²) in [6, 6.07) is 5.48. The van der Waals surface area contributed by atoms with Gasteiger partial charge in [0.2, 0.25) is 0 Å². The van der Waals surface area contributed by atoms with Gasteiger partial charge in [-0.3, -0.25) is 0 Å². The molecule has 2 N–H and O–H groups in total. The van der Waals surface area contributed by atoms with Gasteiger partial charge in [0.05, 0.1) is 19.9 Å². The van der Waals surface area contributed by atoms with Crippen LogP contribution >= 0.6 is 0 Å². The number of alkyl carbamates (subject to hydrolysis) is 1. The highest BCUT2D eigenvalue weighted by Gasteiger charge is 2.15. The summed E-state index contributed by atoms with van der Waals surface area (Å²) in [5.41, 5.74) is 0.316. The summed E-state index contributed by atoms with van der Waals surface area (Å²) in [5, 5.41) is 5.86. The Bertz CT molecular complexity index is 469. The van der Waals surface area contributed by atoms with E-state index >= 15 is 0 Å². The first-order valence-electron chi connectivity index (χ1n) is 6.78. The molecule has 0 aliphatic carbocycles. The third kappa shape index (κ3) is 6.25. The first-order valence-corrected chi connectivity index (χ1v) is 6.78. The molecule has 0 bridgehead atoms. The zero-order valence-electron chi connectivity index (χ0n) is 13.3. The van der Waals surface area contributed by atoms with Crippen LogP contribution in [0.15, 0.2) is 18.2 Å². The molecule has 0 atom stereocenters. The van der Waals surface area contributed by atoms with Crippen molar-refractivity contribution in [3.05, 3.63) is 18.2 Å². The van der Waals surface area contributed by atoms with Crippen LogP contribution in [0, 0.1) is 0 Å². The fourth-order valence-electron chi connectivity index (χ4n) is 1.63. The summed E-state index contributed by atoms with van der Waals surface area (Å²) in [5.74, 6) is 1.45. The van der Waals surface area contributed by atoms with Gasteiger partial charge in [0.25, 0.3) is 0 Å². The van der Waals surface area contributed by atoms with Crippen LogP contribution in [-0.2, 0) is 4.74 Å². The van der Waals surface area contributed by atoms with Gasteiger partial charge in [-0.05, 0) is 32.9 Å². The molecule has 0 unspecified atom stereocenters. The molecule has 1 amide bonds. The van der Waals surface area contributed by atoms with E-state index in [-0.39, 0.29) is 0 Å². The summed E-state index contributed by atoms with van der Waals surface area (Å²) < 4.78 is 15.6. The van der Waals surface area contributed by atoms with Crippen LogP contribution in [0.2, 0.25) is 0 Å². The third-order valence-corrected chi connectivity index (χ3v) is 2.52. The lowest BCUT2D eigenvalue weighted by atomic mass is 10.2. The van der Waals surface area contributed by atoms with Crippen molar-refractivity contribution in [1.82, 2.24) is 5.32 Å². The maximum atomic E-state index is 11.5. The second-order valence-electron chi connectivity index (χ2n) is 5.42. The molecular formula is C15H24N2O4. The molecule has 0 saturated carbocycles. The van der Waals surface area contributed by atoms with Gasteiger partial charge >= 0.3 is 6.09 Å². The second kappa shape index (κ2) is 7.61. The van der Waals surface area contributed by atoms with E-state index < -0.39 is 11.7 Å². The molecule has 6 nitrogen and oxygen atoms in total. The van der Waals surface area contributed by atoms with Crippen molar-refractivity contribution in [2.24, 2.45) is 0 Å². The lowest BCUT2D eigenvalue weighted by Crippen LogP contribution is -2.35. The van der Waals surface area contributed by atoms with Crippen molar-refractivity contribution < 1.29 is 19.0 Å². The van der Waals surface area contributed by atoms with Gasteiger partial charge < -0.3 is 24.8 Å². The van der Waals surface area contributed by atoms with E-state index in [1.807, 2.05) is 39.0 Å². The van der Waals surface area contributed by atoms with Gasteiger partial charge in [0.1, 0.15) is 17.1 Å². The Balaban J connectivity index is 2.43. The van der Waals surface area contributed by atoms with Crippen LogP contribution in [0.3, 0.4) is 0 Å². The minimum Gasteiger partial charge on any atom is -0.497 e. The second-order valence-corrected chi connectivity index (χ2v) is 5.42. The molecule has 0 radical (unpaired) electrons. The number of nitrogens with one attached hydrogen (secondary N) is 2. The number of carbonyl (C=O) groups is 1. The third-order valence-electron chi connectivity index (χ3n) is 2.52. The van der Waals surface area contributed by atoms with Crippen molar-refractivity contribution >= 4 is 11.8 Å². The summed E-state index contributed by atoms with van der Waals surface area (Å²) in [4.78, 5) is 11.5. The molecular weight excluding hydrogens is 272 g/mol. The largest absolute Gasteiger partial charge is 0.497 e. The van der Waals surface area contributed by atoms with Crippen LogP contribution in [-0.4, -0.2) is 39.0 Å². The Morgan fingerprint density at radius 1 is 1.14 bits per heavy atom. The van der Waals surface area contributed by atoms with Crippen molar-refractivity contribution in [2.75, 3.05) is 32.6 Å². The van der Waals surface area contributed by atoms with Crippen LogP contribution in [0.25, 0.3) is 0 Å². The quantitative estimate of drug-likeness (QED) is 0.790. The first kappa shape index (κ1) is 16.9. The molecule has 0 aliphatic rings. The molecule has 0 aromatic heterocycles. The molecule has 0 saturated heterocycles. The summed E-state index contributed by atoms with van der Waals surface area (Å²) in [6.45, 7) is 6.46. The number of benzene rings is 1. The molecule has 0 spiro atoms. The molecule has 118 valence electrons. The fraction of sp³-hybridized carbons (Fsp3) is 0.533. The van der Waals surface area contributed by atoms with Gasteiger partial charge in [-0.25, -0.2) is 4.79 Å². The highest BCUT2D eigenvalue weighted by Crippen LogP contribution is 2.28. The number of rotatable bonds is 6. The highest BCUT2D eigenvalue weighted by atomic mass is 16.6. The zero-order chi connectivity index (χ0) is 15.9. The van der Waals surface area contributed by atoms with Crippen LogP contribution in [0.1, 0.15) is 20.8 Å². The first-order chi connectivity index (χ1) is 9.85. The van der Waals surface area contributed by atoms with Crippen molar-refractivity contribution in [1.29, 1.82) is 0 Å². The number of methoxy groups -OCH3 is 2. The van der Waals surface area contributed by atoms with E-state index in [2.05, 4.69) is 10.6 Å². The minimum atomic E-state index is -0.493. The van der Waals surface area contributed by atoms with Crippen LogP contribution < -0.4 is 20.1 Å². The standard InChI is InChI=1S/C15H24N2O4/c1-15(2,3)21-14(18)17-9-8-16-12-10-11(19-4)6-7-13(12)20-5/h6-7,10,16H,8-9H2,1-5H3,(H,17,18). The normalized spacial score (nSPS) is 10.7. The van der Waals surface area contributed by atoms with E-state index in [0.717, 1.165) is 11.4 Å². The van der Waals surface area contributed by atoms with E-state index in [4.69, 9.17) is 14.2 Å². The Morgan fingerprint density at radius 2 is 1.86 bits per heavy atom. The average molecular weight is 296 g/mol. The van der Waals surface area contributed by atoms with Gasteiger partial charge in [-0.1, -0.05) is 0 Å². The number of hydrogen-bond acceptors (Lipinski definition) is 5. The lowest BCUT2D eigenvalue weighted by molar-refractivity contribution is 0.0530. The number of ether oxygens (including phenoxy) is 3. The Kier molecular flexibility index (Phi) is 6.14. The van der Waals surface area contributed by atoms with Gasteiger partial charge in [-0.2, -0.15) is 0 Å². The highest BCUT2D eigenvalue weighted by molar-refractivity contribution is 5.67. The minimum absolute atomic E-state index is 0.429. The molecule has 1 rings (SSSR count). The number of anilines is 1. The molecule has 1 aromatic rings. The molecule has 0 heterocycles. The lowest BCUT2D eigenvalue weighted by Gasteiger charge is -2.20. The van der Waals surface area contributed by atoms with Gasteiger partial charge in [0.15, 0.2) is 0 Å². The summed E-state index contributed by atoms with van der Waals surface area (Å²) >= 11 is 0. The Hall–Kier alpha value is -2.11. The van der Waals surface area contributed by atoms with E-state index in [0.29, 0.717) is 18.8 Å². The maximum Gasteiger partial charge on any atom is 0.407 e. The van der Waals surface area contributed by atoms with Crippen molar-refractivity contribution in [3.63, 3.8) is 0 Å². The molecule has 0 aliphatic heterocycles. The topological polar surface area (TPSA) is 68.8 Å². The van der Waals surface area contributed by atoms with Crippen molar-refractivity contribution in [3.8, 4) is 11.5 Å². The Labute approximate surface area is 125 Å². The fourth-order valence-corrected chi connectivity index (χ4v) is 1.63. The predicted molar refractivity (Wildman–Crippen MR) is 82.3 cm³/mol. The smallest absolute Gasteiger partial charge is 0.407 e. The summed E-state index contributed by atoms with van der Waals surface area (Å²) in [7, 11) is 3.21. The predicted octanol–water partition coefficient (Wildman–Crippen LogP) is 2.64. The number of hydrogen-bond donors (Lipinski definition) is 2. The maximum absolute atomic E-state index is 11.5. The average Bonchev–Trinajstić information content (AvgIpc) is 2.41.